The maximum atomic E-state index is 12.9. The van der Waals surface area contributed by atoms with E-state index in [-0.39, 0.29) is 32.7 Å². The first-order chi connectivity index (χ1) is 16.9. The zero-order valence-corrected chi connectivity index (χ0v) is 21.5. The van der Waals surface area contributed by atoms with Crippen molar-refractivity contribution in [1.29, 1.82) is 0 Å². The molecule has 0 saturated carbocycles. The molecule has 10 nitrogen and oxygen atoms in total. The Morgan fingerprint density at radius 3 is 2.44 bits per heavy atom. The summed E-state index contributed by atoms with van der Waals surface area (Å²) in [6.07, 6.45) is 1.50. The predicted octanol–water partition coefficient (Wildman–Crippen LogP) is 3.28. The Bertz CT molecular complexity index is 1470. The summed E-state index contributed by atoms with van der Waals surface area (Å²) in [5, 5.41) is 15.1. The summed E-state index contributed by atoms with van der Waals surface area (Å²) in [6.45, 7) is 3.13. The molecule has 3 N–H and O–H groups in total. The van der Waals surface area contributed by atoms with Crippen LogP contribution in [-0.4, -0.2) is 41.7 Å². The fraction of sp³-hybridized carbons (Fsp3) is 0.217. The second kappa shape index (κ2) is 11.2. The summed E-state index contributed by atoms with van der Waals surface area (Å²) in [6, 6.07) is 9.48. The number of anilines is 1. The first kappa shape index (κ1) is 27.3. The number of hydrogen-bond donors (Lipinski definition) is 3. The molecule has 0 aliphatic heterocycles. The monoisotopic (exact) mass is 552 g/mol. The Balaban J connectivity index is 1.71. The lowest BCUT2D eigenvalue weighted by Gasteiger charge is -2.16. The van der Waals surface area contributed by atoms with Crippen molar-refractivity contribution in [1.82, 2.24) is 14.5 Å². The third-order valence-electron chi connectivity index (χ3n) is 5.30. The SMILES string of the molecule is Cc1ccc(NC(=O)[C@H](C)n2ncc(Cl)c(Cl)c2=O)cc1S(=O)(=O)NCCc1ccc(C(=O)O)cc1. The molecule has 0 saturated heterocycles. The van der Waals surface area contributed by atoms with Crippen LogP contribution < -0.4 is 15.6 Å². The molecule has 1 heterocycles. The number of amides is 1. The summed E-state index contributed by atoms with van der Waals surface area (Å²) in [5.41, 5.74) is 0.834. The first-order valence-electron chi connectivity index (χ1n) is 10.6. The summed E-state index contributed by atoms with van der Waals surface area (Å²) in [5.74, 6) is -1.66. The number of carbonyl (C=O) groups is 2. The predicted molar refractivity (Wildman–Crippen MR) is 135 cm³/mol. The quantitative estimate of drug-likeness (QED) is 0.369. The molecule has 0 aliphatic carbocycles. The van der Waals surface area contributed by atoms with Gasteiger partial charge in [0.1, 0.15) is 11.1 Å². The van der Waals surface area contributed by atoms with Gasteiger partial charge in [-0.15, -0.1) is 0 Å². The van der Waals surface area contributed by atoms with Gasteiger partial charge in [0.05, 0.1) is 21.7 Å². The standard InChI is InChI=1S/C23H22Cl2N4O6S/c1-13-3-8-17(28-21(30)14(2)29-22(31)20(25)18(24)12-26-29)11-19(13)36(34,35)27-10-9-15-4-6-16(7-5-15)23(32)33/h3-8,11-12,14,27H,9-10H2,1-2H3,(H,28,30)(H,32,33)/t14-/m0/s1. The van der Waals surface area contributed by atoms with Gasteiger partial charge in [-0.25, -0.2) is 22.6 Å². The number of aryl methyl sites for hydroxylation is 1. The Morgan fingerprint density at radius 1 is 1.14 bits per heavy atom. The molecular weight excluding hydrogens is 531 g/mol. The number of carbonyl (C=O) groups excluding carboxylic acids is 1. The highest BCUT2D eigenvalue weighted by atomic mass is 35.5. The molecule has 13 heteroatoms. The molecule has 3 aromatic rings. The number of aromatic carboxylic acids is 1. The topological polar surface area (TPSA) is 147 Å². The lowest BCUT2D eigenvalue weighted by Crippen LogP contribution is -2.33. The smallest absolute Gasteiger partial charge is 0.335 e. The third kappa shape index (κ3) is 6.30. The van der Waals surface area contributed by atoms with E-state index in [0.717, 1.165) is 16.4 Å². The lowest BCUT2D eigenvalue weighted by atomic mass is 10.1. The van der Waals surface area contributed by atoms with Crippen molar-refractivity contribution >= 4 is 50.8 Å². The fourth-order valence-corrected chi connectivity index (χ4v) is 4.81. The molecule has 0 spiro atoms. The molecular formula is C23H22Cl2N4O6S. The number of aromatic nitrogens is 2. The van der Waals surface area contributed by atoms with Gasteiger partial charge in [-0.3, -0.25) is 9.59 Å². The van der Waals surface area contributed by atoms with Crippen LogP contribution in [0.1, 0.15) is 34.5 Å². The molecule has 0 aliphatic rings. The minimum atomic E-state index is -3.93. The van der Waals surface area contributed by atoms with E-state index in [0.29, 0.717) is 12.0 Å². The molecule has 0 bridgehead atoms. The molecule has 0 radical (unpaired) electrons. The van der Waals surface area contributed by atoms with Crippen molar-refractivity contribution in [3.63, 3.8) is 0 Å². The number of nitrogens with zero attached hydrogens (tertiary/aromatic N) is 2. The molecule has 190 valence electrons. The highest BCUT2D eigenvalue weighted by Gasteiger charge is 2.22. The van der Waals surface area contributed by atoms with Gasteiger partial charge in [-0.1, -0.05) is 41.4 Å². The molecule has 0 fully saturated rings. The van der Waals surface area contributed by atoms with Crippen LogP contribution in [0.3, 0.4) is 0 Å². The van der Waals surface area contributed by atoms with Crippen LogP contribution in [0.4, 0.5) is 5.69 Å². The van der Waals surface area contributed by atoms with E-state index in [9.17, 15) is 22.8 Å². The molecule has 1 atom stereocenters. The second-order valence-corrected chi connectivity index (χ2v) is 10.4. The zero-order valence-electron chi connectivity index (χ0n) is 19.2. The van der Waals surface area contributed by atoms with Crippen LogP contribution in [0.25, 0.3) is 0 Å². The van der Waals surface area contributed by atoms with Gasteiger partial charge < -0.3 is 10.4 Å². The van der Waals surface area contributed by atoms with Crippen molar-refractivity contribution in [3.05, 3.63) is 85.8 Å². The van der Waals surface area contributed by atoms with Gasteiger partial charge in [0, 0.05) is 12.2 Å². The second-order valence-electron chi connectivity index (χ2n) is 7.85. The number of hydrogen-bond acceptors (Lipinski definition) is 6. The van der Waals surface area contributed by atoms with E-state index >= 15 is 0 Å². The summed E-state index contributed by atoms with van der Waals surface area (Å²) < 4.78 is 29.2. The average molecular weight is 553 g/mol. The summed E-state index contributed by atoms with van der Waals surface area (Å²) in [7, 11) is -3.93. The van der Waals surface area contributed by atoms with Crippen molar-refractivity contribution in [3.8, 4) is 0 Å². The third-order valence-corrected chi connectivity index (χ3v) is 7.65. The van der Waals surface area contributed by atoms with Gasteiger partial charge in [0.25, 0.3) is 5.56 Å². The van der Waals surface area contributed by atoms with E-state index in [1.807, 2.05) is 0 Å². The van der Waals surface area contributed by atoms with Gasteiger partial charge in [-0.2, -0.15) is 5.10 Å². The zero-order chi connectivity index (χ0) is 26.6. The Morgan fingerprint density at radius 2 is 1.81 bits per heavy atom. The van der Waals surface area contributed by atoms with Crippen molar-refractivity contribution in [2.75, 3.05) is 11.9 Å². The Kier molecular flexibility index (Phi) is 8.51. The number of carboxylic acid groups (broad SMARTS) is 1. The maximum absolute atomic E-state index is 12.9. The van der Waals surface area contributed by atoms with Gasteiger partial charge in [-0.05, 0) is 55.7 Å². The molecule has 36 heavy (non-hydrogen) atoms. The van der Waals surface area contributed by atoms with Crippen LogP contribution in [0, 0.1) is 6.92 Å². The minimum Gasteiger partial charge on any atom is -0.478 e. The van der Waals surface area contributed by atoms with Crippen LogP contribution in [-0.2, 0) is 21.2 Å². The fourth-order valence-electron chi connectivity index (χ4n) is 3.25. The van der Waals surface area contributed by atoms with E-state index in [4.69, 9.17) is 28.3 Å². The number of rotatable bonds is 9. The van der Waals surface area contributed by atoms with Crippen molar-refractivity contribution < 1.29 is 23.1 Å². The largest absolute Gasteiger partial charge is 0.478 e. The summed E-state index contributed by atoms with van der Waals surface area (Å²) >= 11 is 11.6. The van der Waals surface area contributed by atoms with Crippen LogP contribution in [0.15, 0.2) is 58.4 Å². The van der Waals surface area contributed by atoms with Crippen molar-refractivity contribution in [2.45, 2.75) is 31.2 Å². The highest BCUT2D eigenvalue weighted by molar-refractivity contribution is 7.89. The van der Waals surface area contributed by atoms with Crippen LogP contribution in [0.5, 0.6) is 0 Å². The summed E-state index contributed by atoms with van der Waals surface area (Å²) in [4.78, 5) is 35.9. The molecule has 2 aromatic carbocycles. The normalized spacial score (nSPS) is 12.2. The number of carboxylic acids is 1. The number of nitrogens with one attached hydrogen (secondary N) is 2. The molecule has 1 aromatic heterocycles. The minimum absolute atomic E-state index is 0.0287. The Labute approximate surface area is 216 Å². The van der Waals surface area contributed by atoms with Gasteiger partial charge >= 0.3 is 5.97 Å². The highest BCUT2D eigenvalue weighted by Crippen LogP contribution is 2.22. The Hall–Kier alpha value is -3.25. The van der Waals surface area contributed by atoms with E-state index < -0.39 is 33.5 Å². The van der Waals surface area contributed by atoms with Crippen molar-refractivity contribution in [2.24, 2.45) is 0 Å². The average Bonchev–Trinajstić information content (AvgIpc) is 2.83. The number of benzene rings is 2. The van der Waals surface area contributed by atoms with Crippen LogP contribution in [0.2, 0.25) is 10.0 Å². The molecule has 1 amide bonds. The van der Waals surface area contributed by atoms with Gasteiger partial charge in [0.15, 0.2) is 0 Å². The number of halogens is 2. The maximum Gasteiger partial charge on any atom is 0.335 e. The van der Waals surface area contributed by atoms with E-state index in [2.05, 4.69) is 15.1 Å². The first-order valence-corrected chi connectivity index (χ1v) is 12.8. The van der Waals surface area contributed by atoms with Crippen LogP contribution >= 0.6 is 23.2 Å². The molecule has 3 rings (SSSR count). The van der Waals surface area contributed by atoms with E-state index in [1.165, 1.54) is 31.2 Å². The lowest BCUT2D eigenvalue weighted by molar-refractivity contribution is -0.119. The number of sulfonamides is 1. The van der Waals surface area contributed by atoms with E-state index in [1.54, 1.807) is 25.1 Å². The van der Waals surface area contributed by atoms with Gasteiger partial charge in [0.2, 0.25) is 15.9 Å². The molecule has 0 unspecified atom stereocenters.